The fourth-order valence-electron chi connectivity index (χ4n) is 5.31. The number of rotatable bonds is 4. The van der Waals surface area contributed by atoms with Crippen molar-refractivity contribution >= 4 is 52.5 Å². The Morgan fingerprint density at radius 1 is 1.19 bits per heavy atom. The Morgan fingerprint density at radius 3 is 2.67 bits per heavy atom. The monoisotopic (exact) mass is 527 g/mol. The number of anilines is 2. The Morgan fingerprint density at radius 2 is 1.97 bits per heavy atom. The summed E-state index contributed by atoms with van der Waals surface area (Å²) in [6, 6.07) is 5.62. The predicted molar refractivity (Wildman–Crippen MR) is 142 cm³/mol. The van der Waals surface area contributed by atoms with Crippen LogP contribution in [0, 0.1) is 5.41 Å². The SMILES string of the molecule is CN(C)C(=O)C(=O)Nc1cccc(Sc2cnc(N3CCC4(CCC[C@H]4N)CC3)n3ccnc23)c1Cl. The fraction of sp³-hybridized carbons (Fsp3) is 0.440. The number of benzene rings is 1. The highest BCUT2D eigenvalue weighted by Gasteiger charge is 2.43. The molecule has 190 valence electrons. The fourth-order valence-corrected chi connectivity index (χ4v) is 6.53. The molecule has 3 N–H and O–H groups in total. The quantitative estimate of drug-likeness (QED) is 0.498. The van der Waals surface area contributed by atoms with Crippen molar-refractivity contribution < 1.29 is 9.59 Å². The summed E-state index contributed by atoms with van der Waals surface area (Å²) in [4.78, 5) is 38.6. The average molecular weight is 528 g/mol. The second-order valence-electron chi connectivity index (χ2n) is 9.76. The van der Waals surface area contributed by atoms with Crippen molar-refractivity contribution in [3.05, 3.63) is 41.8 Å². The summed E-state index contributed by atoms with van der Waals surface area (Å²) < 4.78 is 2.02. The summed E-state index contributed by atoms with van der Waals surface area (Å²) in [5, 5.41) is 2.95. The minimum Gasteiger partial charge on any atom is -0.342 e. The number of halogens is 1. The molecule has 3 heterocycles. The Balaban J connectivity index is 1.36. The summed E-state index contributed by atoms with van der Waals surface area (Å²) in [5.41, 5.74) is 7.92. The van der Waals surface area contributed by atoms with Crippen LogP contribution in [0.25, 0.3) is 5.65 Å². The van der Waals surface area contributed by atoms with E-state index < -0.39 is 11.8 Å². The van der Waals surface area contributed by atoms with Crippen LogP contribution in [0.15, 0.2) is 46.6 Å². The van der Waals surface area contributed by atoms with Gasteiger partial charge in [0.25, 0.3) is 0 Å². The third-order valence-corrected chi connectivity index (χ3v) is 9.01. The zero-order valence-electron chi connectivity index (χ0n) is 20.4. The van der Waals surface area contributed by atoms with E-state index >= 15 is 0 Å². The van der Waals surface area contributed by atoms with Crippen LogP contribution in [0.1, 0.15) is 32.1 Å². The molecule has 9 nitrogen and oxygen atoms in total. The molecule has 1 aliphatic heterocycles. The van der Waals surface area contributed by atoms with Gasteiger partial charge < -0.3 is 20.9 Å². The van der Waals surface area contributed by atoms with Crippen LogP contribution in [0.4, 0.5) is 11.6 Å². The maximum Gasteiger partial charge on any atom is 0.313 e. The summed E-state index contributed by atoms with van der Waals surface area (Å²) in [7, 11) is 3.04. The second kappa shape index (κ2) is 9.91. The molecule has 1 aliphatic carbocycles. The number of nitrogens with two attached hydrogens (primary N) is 1. The molecule has 0 unspecified atom stereocenters. The first-order chi connectivity index (χ1) is 17.3. The number of carbonyl (C=O) groups excluding carboxylic acids is 2. The van der Waals surface area contributed by atoms with Crippen LogP contribution in [0.2, 0.25) is 5.02 Å². The minimum absolute atomic E-state index is 0.286. The molecule has 36 heavy (non-hydrogen) atoms. The first kappa shape index (κ1) is 24.9. The number of hydrogen-bond donors (Lipinski definition) is 2. The molecule has 0 radical (unpaired) electrons. The molecule has 2 amide bonds. The van der Waals surface area contributed by atoms with Crippen molar-refractivity contribution in [2.45, 2.75) is 47.9 Å². The Labute approximate surface area is 219 Å². The summed E-state index contributed by atoms with van der Waals surface area (Å²) in [6.45, 7) is 1.86. The number of nitrogens with one attached hydrogen (secondary N) is 1. The number of nitrogens with zero attached hydrogens (tertiary/aromatic N) is 5. The van der Waals surface area contributed by atoms with E-state index in [4.69, 9.17) is 22.3 Å². The van der Waals surface area contributed by atoms with Gasteiger partial charge in [0.1, 0.15) is 0 Å². The van der Waals surface area contributed by atoms with Crippen LogP contribution in [-0.2, 0) is 9.59 Å². The lowest BCUT2D eigenvalue weighted by Gasteiger charge is -2.42. The zero-order chi connectivity index (χ0) is 25.4. The molecule has 1 aromatic carbocycles. The maximum absolute atomic E-state index is 12.2. The molecule has 2 aliphatic rings. The van der Waals surface area contributed by atoms with Crippen molar-refractivity contribution in [2.75, 3.05) is 37.4 Å². The third kappa shape index (κ3) is 4.53. The molecule has 2 aromatic heterocycles. The van der Waals surface area contributed by atoms with E-state index in [0.29, 0.717) is 16.8 Å². The predicted octanol–water partition coefficient (Wildman–Crippen LogP) is 3.66. The number of aromatic nitrogens is 3. The van der Waals surface area contributed by atoms with E-state index in [-0.39, 0.29) is 5.41 Å². The summed E-state index contributed by atoms with van der Waals surface area (Å²) in [5.74, 6) is -0.517. The molecular weight excluding hydrogens is 498 g/mol. The molecule has 1 spiro atoms. The largest absolute Gasteiger partial charge is 0.342 e. The molecule has 2 fully saturated rings. The Hall–Kier alpha value is -2.82. The first-order valence-electron chi connectivity index (χ1n) is 12.1. The molecule has 5 rings (SSSR count). The van der Waals surface area contributed by atoms with Gasteiger partial charge in [-0.15, -0.1) is 0 Å². The van der Waals surface area contributed by atoms with E-state index in [1.807, 2.05) is 22.9 Å². The van der Waals surface area contributed by atoms with E-state index in [2.05, 4.69) is 15.2 Å². The van der Waals surface area contributed by atoms with E-state index in [9.17, 15) is 9.59 Å². The van der Waals surface area contributed by atoms with Gasteiger partial charge in [-0.25, -0.2) is 9.97 Å². The molecule has 3 aromatic rings. The van der Waals surface area contributed by atoms with Crippen LogP contribution >= 0.6 is 23.4 Å². The number of likely N-dealkylation sites (N-methyl/N-ethyl adjacent to an activating group) is 1. The van der Waals surface area contributed by atoms with Gasteiger partial charge in [-0.3, -0.25) is 14.0 Å². The van der Waals surface area contributed by atoms with Crippen molar-refractivity contribution in [1.82, 2.24) is 19.3 Å². The number of piperidine rings is 1. The lowest BCUT2D eigenvalue weighted by Crippen LogP contribution is -2.47. The molecule has 11 heteroatoms. The molecule has 1 atom stereocenters. The van der Waals surface area contributed by atoms with Crippen LogP contribution in [-0.4, -0.2) is 64.3 Å². The van der Waals surface area contributed by atoms with Crippen molar-refractivity contribution in [3.63, 3.8) is 0 Å². The summed E-state index contributed by atoms with van der Waals surface area (Å²) in [6.07, 6.45) is 11.3. The van der Waals surface area contributed by atoms with Gasteiger partial charge in [-0.2, -0.15) is 0 Å². The first-order valence-corrected chi connectivity index (χ1v) is 13.3. The highest BCUT2D eigenvalue weighted by atomic mass is 35.5. The van der Waals surface area contributed by atoms with E-state index in [1.54, 1.807) is 18.3 Å². The topological polar surface area (TPSA) is 109 Å². The Kier molecular flexibility index (Phi) is 6.84. The van der Waals surface area contributed by atoms with E-state index in [1.165, 1.54) is 43.6 Å². The van der Waals surface area contributed by atoms with Gasteiger partial charge in [0.2, 0.25) is 5.95 Å². The number of amides is 2. The van der Waals surface area contributed by atoms with E-state index in [0.717, 1.165) is 53.7 Å². The van der Waals surface area contributed by atoms with Crippen molar-refractivity contribution in [3.8, 4) is 0 Å². The lowest BCUT2D eigenvalue weighted by atomic mass is 9.74. The maximum atomic E-state index is 12.2. The highest BCUT2D eigenvalue weighted by Crippen LogP contribution is 2.46. The lowest BCUT2D eigenvalue weighted by molar-refractivity contribution is -0.141. The molecule has 1 saturated heterocycles. The van der Waals surface area contributed by atoms with Crippen LogP contribution in [0.5, 0.6) is 0 Å². The number of hydrogen-bond acceptors (Lipinski definition) is 7. The normalized spacial score (nSPS) is 19.1. The van der Waals surface area contributed by atoms with Crippen LogP contribution in [0.3, 0.4) is 0 Å². The van der Waals surface area contributed by atoms with Gasteiger partial charge in [0, 0.05) is 56.7 Å². The average Bonchev–Trinajstić information content (AvgIpc) is 3.49. The number of fused-ring (bicyclic) bond motifs is 1. The molecule has 1 saturated carbocycles. The minimum atomic E-state index is -0.743. The van der Waals surface area contributed by atoms with Gasteiger partial charge in [0.05, 0.1) is 15.6 Å². The van der Waals surface area contributed by atoms with Gasteiger partial charge in [-0.1, -0.05) is 35.9 Å². The molecule has 0 bridgehead atoms. The third-order valence-electron chi connectivity index (χ3n) is 7.42. The number of imidazole rings is 1. The standard InChI is InChI=1S/C25H30ClN7O2S/c1-31(2)23(35)22(34)30-16-5-3-6-17(20(16)26)36-18-15-29-24(33-14-11-28-21(18)33)32-12-9-25(10-13-32)8-4-7-19(25)27/h3,5-6,11,14-15,19H,4,7-10,12-13,27H2,1-2H3,(H,30,34)/t19-/m1/s1. The van der Waals surface area contributed by atoms with Gasteiger partial charge >= 0.3 is 11.8 Å². The highest BCUT2D eigenvalue weighted by molar-refractivity contribution is 7.99. The smallest absolute Gasteiger partial charge is 0.313 e. The van der Waals surface area contributed by atoms with Gasteiger partial charge in [-0.05, 0) is 43.2 Å². The zero-order valence-corrected chi connectivity index (χ0v) is 22.0. The Bertz CT molecular complexity index is 1300. The van der Waals surface area contributed by atoms with Gasteiger partial charge in [0.15, 0.2) is 5.65 Å². The summed E-state index contributed by atoms with van der Waals surface area (Å²) >= 11 is 8.03. The van der Waals surface area contributed by atoms with Crippen LogP contribution < -0.4 is 16.0 Å². The van der Waals surface area contributed by atoms with Crippen molar-refractivity contribution in [2.24, 2.45) is 11.1 Å². The molecular formula is C25H30ClN7O2S. The number of carbonyl (C=O) groups is 2. The van der Waals surface area contributed by atoms with Crippen molar-refractivity contribution in [1.29, 1.82) is 0 Å². The second-order valence-corrected chi connectivity index (χ2v) is 11.2.